The Bertz CT molecular complexity index is 1210. The number of nitrogens with zero attached hydrogens (tertiary/aromatic N) is 1. The fourth-order valence-electron chi connectivity index (χ4n) is 3.15. The first-order chi connectivity index (χ1) is 15.7. The lowest BCUT2D eigenvalue weighted by Gasteiger charge is -2.28. The number of para-hydroxylation sites is 1. The number of nitrogens with one attached hydrogen (secondary N) is 1. The van der Waals surface area contributed by atoms with Crippen LogP contribution in [0.15, 0.2) is 78.9 Å². The van der Waals surface area contributed by atoms with Gasteiger partial charge in [-0.05, 0) is 67.6 Å². The fourth-order valence-corrected chi connectivity index (χ4v) is 4.32. The molecule has 0 aliphatic carbocycles. The topological polar surface area (TPSA) is 102 Å². The number of anilines is 2. The van der Waals surface area contributed by atoms with Gasteiger partial charge in [-0.15, -0.1) is 0 Å². The average Bonchev–Trinajstić information content (AvgIpc) is 2.80. The van der Waals surface area contributed by atoms with Crippen molar-refractivity contribution in [3.8, 4) is 11.5 Å². The maximum Gasteiger partial charge on any atom is 0.337 e. The number of rotatable bonds is 8. The molecule has 0 radical (unpaired) electrons. The molecule has 0 unspecified atom stereocenters. The summed E-state index contributed by atoms with van der Waals surface area (Å²) in [7, 11) is -2.50. The summed E-state index contributed by atoms with van der Waals surface area (Å²) in [4.78, 5) is 24.4. The molecule has 8 nitrogen and oxygen atoms in total. The first kappa shape index (κ1) is 23.8. The van der Waals surface area contributed by atoms with Crippen molar-refractivity contribution in [3.05, 3.63) is 84.4 Å². The molecule has 0 fully saturated rings. The van der Waals surface area contributed by atoms with Crippen molar-refractivity contribution in [1.82, 2.24) is 0 Å². The Morgan fingerprint density at radius 2 is 1.45 bits per heavy atom. The summed E-state index contributed by atoms with van der Waals surface area (Å²) in [6.45, 7) is 1.49. The SMILES string of the molecule is COC(=O)c1ccc(NC(=O)[C@@H](C)N(c2ccc(Oc3ccccc3)cc2)S(C)(=O)=O)cc1. The Balaban J connectivity index is 1.76. The van der Waals surface area contributed by atoms with Crippen molar-refractivity contribution in [2.75, 3.05) is 23.0 Å². The van der Waals surface area contributed by atoms with Gasteiger partial charge in [0.05, 0.1) is 24.6 Å². The number of esters is 1. The van der Waals surface area contributed by atoms with Crippen molar-refractivity contribution in [2.45, 2.75) is 13.0 Å². The maximum atomic E-state index is 12.8. The molecule has 3 aromatic rings. The second-order valence-electron chi connectivity index (χ2n) is 7.20. The van der Waals surface area contributed by atoms with E-state index in [1.54, 1.807) is 36.4 Å². The van der Waals surface area contributed by atoms with Crippen LogP contribution < -0.4 is 14.4 Å². The standard InChI is InChI=1S/C24H24N2O6S/c1-17(23(27)25-19-11-9-18(10-12-19)24(28)31-2)26(33(3,29)30)20-13-15-22(16-14-20)32-21-7-5-4-6-8-21/h4-17H,1-3H3,(H,25,27)/t17-/m1/s1. The van der Waals surface area contributed by atoms with Crippen LogP contribution in [0, 0.1) is 0 Å². The van der Waals surface area contributed by atoms with E-state index >= 15 is 0 Å². The fraction of sp³-hybridized carbons (Fsp3) is 0.167. The molecule has 0 bridgehead atoms. The molecule has 1 N–H and O–H groups in total. The van der Waals surface area contributed by atoms with Crippen molar-refractivity contribution in [1.29, 1.82) is 0 Å². The van der Waals surface area contributed by atoms with E-state index in [0.29, 0.717) is 28.4 Å². The van der Waals surface area contributed by atoms with E-state index in [4.69, 9.17) is 4.74 Å². The van der Waals surface area contributed by atoms with Gasteiger partial charge in [0.1, 0.15) is 17.5 Å². The molecule has 33 heavy (non-hydrogen) atoms. The third kappa shape index (κ3) is 6.11. The first-order valence-electron chi connectivity index (χ1n) is 10.0. The number of sulfonamides is 1. The molecular formula is C24H24N2O6S. The zero-order valence-electron chi connectivity index (χ0n) is 18.4. The maximum absolute atomic E-state index is 12.8. The Labute approximate surface area is 192 Å². The highest BCUT2D eigenvalue weighted by Gasteiger charge is 2.29. The van der Waals surface area contributed by atoms with E-state index < -0.39 is 27.9 Å². The molecule has 9 heteroatoms. The molecule has 1 atom stereocenters. The number of carbonyl (C=O) groups is 2. The van der Waals surface area contributed by atoms with Crippen molar-refractivity contribution < 1.29 is 27.5 Å². The van der Waals surface area contributed by atoms with Gasteiger partial charge in [-0.25, -0.2) is 13.2 Å². The van der Waals surface area contributed by atoms with Gasteiger partial charge in [-0.2, -0.15) is 0 Å². The number of benzene rings is 3. The highest BCUT2D eigenvalue weighted by Crippen LogP contribution is 2.27. The van der Waals surface area contributed by atoms with Gasteiger partial charge < -0.3 is 14.8 Å². The molecule has 0 saturated carbocycles. The molecule has 0 heterocycles. The zero-order valence-corrected chi connectivity index (χ0v) is 19.2. The molecule has 3 rings (SSSR count). The average molecular weight is 469 g/mol. The van der Waals surface area contributed by atoms with Crippen molar-refractivity contribution in [3.63, 3.8) is 0 Å². The summed E-state index contributed by atoms with van der Waals surface area (Å²) < 4.78 is 36.5. The van der Waals surface area contributed by atoms with Gasteiger partial charge in [-0.1, -0.05) is 18.2 Å². The third-order valence-corrected chi connectivity index (χ3v) is 5.97. The normalized spacial score (nSPS) is 11.8. The summed E-state index contributed by atoms with van der Waals surface area (Å²) >= 11 is 0. The summed E-state index contributed by atoms with van der Waals surface area (Å²) in [5, 5.41) is 2.67. The number of ether oxygens (including phenoxy) is 2. The van der Waals surface area contributed by atoms with Crippen LogP contribution in [-0.4, -0.2) is 39.7 Å². The molecule has 0 saturated heterocycles. The van der Waals surface area contributed by atoms with Gasteiger partial charge in [0.2, 0.25) is 15.9 Å². The summed E-state index contributed by atoms with van der Waals surface area (Å²) in [6.07, 6.45) is 1.04. The van der Waals surface area contributed by atoms with Crippen LogP contribution in [0.1, 0.15) is 17.3 Å². The summed E-state index contributed by atoms with van der Waals surface area (Å²) in [5.74, 6) is 0.150. The summed E-state index contributed by atoms with van der Waals surface area (Å²) in [6, 6.07) is 20.7. The predicted octanol–water partition coefficient (Wildman–Crippen LogP) is 4.06. The second-order valence-corrected chi connectivity index (χ2v) is 9.06. The van der Waals surface area contributed by atoms with Crippen LogP contribution in [-0.2, 0) is 19.6 Å². The van der Waals surface area contributed by atoms with E-state index in [2.05, 4.69) is 10.1 Å². The smallest absolute Gasteiger partial charge is 0.337 e. The van der Waals surface area contributed by atoms with Crippen LogP contribution in [0.3, 0.4) is 0 Å². The molecular weight excluding hydrogens is 444 g/mol. The highest BCUT2D eigenvalue weighted by molar-refractivity contribution is 7.92. The minimum Gasteiger partial charge on any atom is -0.465 e. The number of hydrogen-bond donors (Lipinski definition) is 1. The van der Waals surface area contributed by atoms with E-state index in [0.717, 1.165) is 10.6 Å². The Hall–Kier alpha value is -3.85. The van der Waals surface area contributed by atoms with E-state index in [-0.39, 0.29) is 0 Å². The highest BCUT2D eigenvalue weighted by atomic mass is 32.2. The van der Waals surface area contributed by atoms with E-state index in [1.165, 1.54) is 38.3 Å². The quantitative estimate of drug-likeness (QED) is 0.500. The Kier molecular flexibility index (Phi) is 7.34. The third-order valence-electron chi connectivity index (χ3n) is 4.73. The number of carbonyl (C=O) groups excluding carboxylic acids is 2. The van der Waals surface area contributed by atoms with Gasteiger partial charge in [0, 0.05) is 5.69 Å². The van der Waals surface area contributed by atoms with Crippen LogP contribution in [0.5, 0.6) is 11.5 Å². The molecule has 0 aromatic heterocycles. The predicted molar refractivity (Wildman–Crippen MR) is 126 cm³/mol. The second kappa shape index (κ2) is 10.2. The first-order valence-corrected chi connectivity index (χ1v) is 11.9. The lowest BCUT2D eigenvalue weighted by molar-refractivity contribution is -0.116. The van der Waals surface area contributed by atoms with Gasteiger partial charge in [0.15, 0.2) is 0 Å². The van der Waals surface area contributed by atoms with Gasteiger partial charge in [-0.3, -0.25) is 9.10 Å². The van der Waals surface area contributed by atoms with E-state index in [9.17, 15) is 18.0 Å². The molecule has 172 valence electrons. The van der Waals surface area contributed by atoms with Crippen LogP contribution in [0.2, 0.25) is 0 Å². The minimum absolute atomic E-state index is 0.321. The lowest BCUT2D eigenvalue weighted by atomic mass is 10.2. The zero-order chi connectivity index (χ0) is 24.0. The van der Waals surface area contributed by atoms with Gasteiger partial charge in [0.25, 0.3) is 0 Å². The lowest BCUT2D eigenvalue weighted by Crippen LogP contribution is -2.45. The van der Waals surface area contributed by atoms with Gasteiger partial charge >= 0.3 is 5.97 Å². The Morgan fingerprint density at radius 1 is 0.879 bits per heavy atom. The number of methoxy groups -OCH3 is 1. The molecule has 0 aliphatic rings. The van der Waals surface area contributed by atoms with E-state index in [1.807, 2.05) is 18.2 Å². The van der Waals surface area contributed by atoms with Crippen molar-refractivity contribution in [2.24, 2.45) is 0 Å². The minimum atomic E-state index is -3.78. The summed E-state index contributed by atoms with van der Waals surface area (Å²) in [5.41, 5.74) is 1.07. The van der Waals surface area contributed by atoms with Crippen molar-refractivity contribution >= 4 is 33.3 Å². The monoisotopic (exact) mass is 468 g/mol. The number of amides is 1. The molecule has 3 aromatic carbocycles. The number of hydrogen-bond acceptors (Lipinski definition) is 6. The van der Waals surface area contributed by atoms with Crippen LogP contribution in [0.4, 0.5) is 11.4 Å². The van der Waals surface area contributed by atoms with Crippen LogP contribution in [0.25, 0.3) is 0 Å². The molecule has 1 amide bonds. The van der Waals surface area contributed by atoms with Crippen LogP contribution >= 0.6 is 0 Å². The Morgan fingerprint density at radius 3 is 2.00 bits per heavy atom. The molecule has 0 aliphatic heterocycles. The largest absolute Gasteiger partial charge is 0.465 e. The molecule has 0 spiro atoms.